The van der Waals surface area contributed by atoms with Gasteiger partial charge in [-0.3, -0.25) is 0 Å². The third kappa shape index (κ3) is 3.94. The second kappa shape index (κ2) is 4.87. The molecule has 2 rings (SSSR count). The van der Waals surface area contributed by atoms with Crippen molar-refractivity contribution in [2.45, 2.75) is 76.6 Å². The van der Waals surface area contributed by atoms with Crippen LogP contribution in [0.4, 0.5) is 0 Å². The van der Waals surface area contributed by atoms with Gasteiger partial charge in [0.2, 0.25) is 0 Å². The zero-order chi connectivity index (χ0) is 12.5. The molecule has 3 nitrogen and oxygen atoms in total. The summed E-state index contributed by atoms with van der Waals surface area (Å²) in [6.45, 7) is 11.0. The van der Waals surface area contributed by atoms with Gasteiger partial charge in [-0.1, -0.05) is 0 Å². The van der Waals surface area contributed by atoms with Gasteiger partial charge in [-0.2, -0.15) is 0 Å². The maximum atomic E-state index is 5.64. The first kappa shape index (κ1) is 13.3. The molecule has 0 aromatic rings. The van der Waals surface area contributed by atoms with E-state index < -0.39 is 0 Å². The molecule has 99 valence electrons. The van der Waals surface area contributed by atoms with Crippen molar-refractivity contribution in [3.05, 3.63) is 0 Å². The number of rotatable bonds is 3. The minimum Gasteiger partial charge on any atom is -0.377 e. The summed E-state index contributed by atoms with van der Waals surface area (Å²) in [5, 5.41) is 8.59. The molecular weight excluding hydrogens is 212 g/mol. The molecule has 1 N–H and O–H groups in total. The van der Waals surface area contributed by atoms with Gasteiger partial charge in [-0.05, 0) is 53.4 Å². The quantitative estimate of drug-likeness (QED) is 0.818. The molecule has 2 heterocycles. The summed E-state index contributed by atoms with van der Waals surface area (Å²) >= 11 is 0. The molecule has 2 aliphatic rings. The first-order valence-corrected chi connectivity index (χ1v) is 6.94. The molecule has 17 heavy (non-hydrogen) atoms. The Labute approximate surface area is 106 Å². The summed E-state index contributed by atoms with van der Waals surface area (Å²) in [5.74, 6) is 0. The van der Waals surface area contributed by atoms with Gasteiger partial charge >= 0.3 is 0 Å². The van der Waals surface area contributed by atoms with Gasteiger partial charge in [-0.25, -0.2) is 5.32 Å². The van der Waals surface area contributed by atoms with Crippen LogP contribution in [0.25, 0.3) is 0 Å². The molecule has 2 saturated heterocycles. The third-order valence-corrected chi connectivity index (χ3v) is 3.76. The van der Waals surface area contributed by atoms with Crippen LogP contribution in [0.1, 0.15) is 53.4 Å². The number of hydrogen-bond donors (Lipinski definition) is 1. The minimum atomic E-state index is 0.201. The SMILES string of the molecule is CC1(C)CC([N]CC2CCCO2)CC(C)(C)N1. The minimum absolute atomic E-state index is 0.201. The maximum absolute atomic E-state index is 5.64. The van der Waals surface area contributed by atoms with Crippen LogP contribution in [-0.2, 0) is 4.74 Å². The zero-order valence-electron chi connectivity index (χ0n) is 11.8. The molecule has 0 amide bonds. The highest BCUT2D eigenvalue weighted by atomic mass is 16.5. The molecule has 0 aliphatic carbocycles. The van der Waals surface area contributed by atoms with E-state index in [4.69, 9.17) is 10.1 Å². The smallest absolute Gasteiger partial charge is 0.0717 e. The van der Waals surface area contributed by atoms with Crippen molar-refractivity contribution in [3.8, 4) is 0 Å². The Morgan fingerprint density at radius 3 is 2.35 bits per heavy atom. The van der Waals surface area contributed by atoms with Crippen LogP contribution in [0, 0.1) is 0 Å². The van der Waals surface area contributed by atoms with Gasteiger partial charge in [0.05, 0.1) is 6.10 Å². The molecule has 0 bridgehead atoms. The van der Waals surface area contributed by atoms with Crippen molar-refractivity contribution in [3.63, 3.8) is 0 Å². The molecule has 0 aromatic carbocycles. The van der Waals surface area contributed by atoms with Crippen molar-refractivity contribution in [2.75, 3.05) is 13.2 Å². The van der Waals surface area contributed by atoms with Crippen LogP contribution < -0.4 is 10.6 Å². The van der Waals surface area contributed by atoms with Crippen molar-refractivity contribution in [1.29, 1.82) is 0 Å². The molecule has 1 unspecified atom stereocenters. The lowest BCUT2D eigenvalue weighted by Gasteiger charge is -2.46. The van der Waals surface area contributed by atoms with E-state index in [-0.39, 0.29) is 11.1 Å². The lowest BCUT2D eigenvalue weighted by molar-refractivity contribution is 0.0920. The summed E-state index contributed by atoms with van der Waals surface area (Å²) in [7, 11) is 0. The molecule has 0 aromatic heterocycles. The van der Waals surface area contributed by atoms with Crippen LogP contribution in [0.2, 0.25) is 0 Å². The Morgan fingerprint density at radius 2 is 1.82 bits per heavy atom. The molecule has 2 fully saturated rings. The average Bonchev–Trinajstić information content (AvgIpc) is 2.61. The molecule has 3 heteroatoms. The molecule has 0 spiro atoms. The Bertz CT molecular complexity index is 241. The van der Waals surface area contributed by atoms with Gasteiger partial charge < -0.3 is 10.1 Å². The van der Waals surface area contributed by atoms with Crippen molar-refractivity contribution < 1.29 is 4.74 Å². The van der Waals surface area contributed by atoms with Gasteiger partial charge in [0.15, 0.2) is 0 Å². The highest BCUT2D eigenvalue weighted by molar-refractivity contribution is 4.99. The van der Waals surface area contributed by atoms with E-state index in [1.54, 1.807) is 0 Å². The second-order valence-corrected chi connectivity index (χ2v) is 6.96. The maximum Gasteiger partial charge on any atom is 0.0717 e. The molecule has 1 radical (unpaired) electrons. The van der Waals surface area contributed by atoms with E-state index in [1.165, 1.54) is 12.8 Å². The Balaban J connectivity index is 1.83. The van der Waals surface area contributed by atoms with E-state index >= 15 is 0 Å². The lowest BCUT2D eigenvalue weighted by atomic mass is 9.79. The van der Waals surface area contributed by atoms with E-state index in [2.05, 4.69) is 33.0 Å². The van der Waals surface area contributed by atoms with Gasteiger partial charge in [0.1, 0.15) is 0 Å². The van der Waals surface area contributed by atoms with Gasteiger partial charge in [0, 0.05) is 30.3 Å². The normalized spacial score (nSPS) is 32.8. The number of piperidine rings is 1. The fraction of sp³-hybridized carbons (Fsp3) is 1.00. The number of nitrogens with zero attached hydrogens (tertiary/aromatic N) is 1. The predicted octanol–water partition coefficient (Wildman–Crippen LogP) is 2.08. The van der Waals surface area contributed by atoms with Crippen molar-refractivity contribution in [1.82, 2.24) is 10.6 Å². The molecule has 2 aliphatic heterocycles. The van der Waals surface area contributed by atoms with Crippen LogP contribution in [0.3, 0.4) is 0 Å². The number of hydrogen-bond acceptors (Lipinski definition) is 2. The lowest BCUT2D eigenvalue weighted by Crippen LogP contribution is -2.60. The largest absolute Gasteiger partial charge is 0.377 e. The summed E-state index contributed by atoms with van der Waals surface area (Å²) < 4.78 is 5.64. The van der Waals surface area contributed by atoms with E-state index in [9.17, 15) is 0 Å². The molecule has 1 atom stereocenters. The Kier molecular flexibility index (Phi) is 3.81. The van der Waals surface area contributed by atoms with Crippen LogP contribution >= 0.6 is 0 Å². The molecular formula is C14H27N2O. The predicted molar refractivity (Wildman–Crippen MR) is 70.3 cm³/mol. The van der Waals surface area contributed by atoms with E-state index in [0.29, 0.717) is 12.1 Å². The zero-order valence-corrected chi connectivity index (χ0v) is 11.8. The number of nitrogens with one attached hydrogen (secondary N) is 1. The Hall–Kier alpha value is -0.120. The Morgan fingerprint density at radius 1 is 1.18 bits per heavy atom. The van der Waals surface area contributed by atoms with Gasteiger partial charge in [0.25, 0.3) is 0 Å². The average molecular weight is 239 g/mol. The summed E-state index contributed by atoms with van der Waals surface area (Å²) in [4.78, 5) is 0. The van der Waals surface area contributed by atoms with Crippen molar-refractivity contribution in [2.24, 2.45) is 0 Å². The van der Waals surface area contributed by atoms with Crippen LogP contribution in [0.5, 0.6) is 0 Å². The standard InChI is InChI=1S/C14H27N2O/c1-13(2)8-11(9-14(3,4)16-13)15-10-12-6-5-7-17-12/h11-12,16H,5-10H2,1-4H3. The first-order valence-electron chi connectivity index (χ1n) is 6.94. The summed E-state index contributed by atoms with van der Waals surface area (Å²) in [5.41, 5.74) is 0.402. The molecule has 0 saturated carbocycles. The second-order valence-electron chi connectivity index (χ2n) is 6.96. The highest BCUT2D eigenvalue weighted by Crippen LogP contribution is 2.29. The number of ether oxygens (including phenoxy) is 1. The fourth-order valence-electron chi connectivity index (χ4n) is 3.45. The fourth-order valence-corrected chi connectivity index (χ4v) is 3.45. The van der Waals surface area contributed by atoms with Crippen LogP contribution in [0.15, 0.2) is 0 Å². The van der Waals surface area contributed by atoms with E-state index in [0.717, 1.165) is 26.0 Å². The van der Waals surface area contributed by atoms with E-state index in [1.807, 2.05) is 0 Å². The van der Waals surface area contributed by atoms with Gasteiger partial charge in [-0.15, -0.1) is 0 Å². The monoisotopic (exact) mass is 239 g/mol. The highest BCUT2D eigenvalue weighted by Gasteiger charge is 2.38. The first-order chi connectivity index (χ1) is 7.86. The van der Waals surface area contributed by atoms with Crippen molar-refractivity contribution >= 4 is 0 Å². The third-order valence-electron chi connectivity index (χ3n) is 3.76. The summed E-state index contributed by atoms with van der Waals surface area (Å²) in [6.07, 6.45) is 5.09. The van der Waals surface area contributed by atoms with Crippen LogP contribution in [-0.4, -0.2) is 36.4 Å². The summed E-state index contributed by atoms with van der Waals surface area (Å²) in [6, 6.07) is 0.491. The topological polar surface area (TPSA) is 35.4 Å².